The SMILES string of the molecule is CCOc1ccc(/C=N\NC(=O)COc2ccccc2F)cc1OC. The van der Waals surface area contributed by atoms with Gasteiger partial charge in [-0.15, -0.1) is 0 Å². The van der Waals surface area contributed by atoms with Gasteiger partial charge in [0.05, 0.1) is 19.9 Å². The van der Waals surface area contributed by atoms with Crippen LogP contribution in [0.3, 0.4) is 0 Å². The first-order chi connectivity index (χ1) is 12.1. The van der Waals surface area contributed by atoms with Crippen LogP contribution in [0.1, 0.15) is 12.5 Å². The van der Waals surface area contributed by atoms with Crippen molar-refractivity contribution in [2.24, 2.45) is 5.10 Å². The maximum absolute atomic E-state index is 13.4. The molecule has 1 N–H and O–H groups in total. The van der Waals surface area contributed by atoms with Gasteiger partial charge in [-0.3, -0.25) is 4.79 Å². The van der Waals surface area contributed by atoms with Crippen LogP contribution in [-0.4, -0.2) is 32.4 Å². The normalized spacial score (nSPS) is 10.5. The number of benzene rings is 2. The quantitative estimate of drug-likeness (QED) is 0.589. The molecule has 25 heavy (non-hydrogen) atoms. The molecule has 0 fully saturated rings. The van der Waals surface area contributed by atoms with Crippen LogP contribution < -0.4 is 19.6 Å². The third-order valence-electron chi connectivity index (χ3n) is 3.09. The number of para-hydroxylation sites is 1. The molecule has 2 aromatic carbocycles. The lowest BCUT2D eigenvalue weighted by atomic mass is 10.2. The summed E-state index contributed by atoms with van der Waals surface area (Å²) in [5.74, 6) is 0.181. The first-order valence-electron chi connectivity index (χ1n) is 7.64. The number of hydrogen-bond donors (Lipinski definition) is 1. The summed E-state index contributed by atoms with van der Waals surface area (Å²) < 4.78 is 29.1. The van der Waals surface area contributed by atoms with E-state index in [4.69, 9.17) is 14.2 Å². The summed E-state index contributed by atoms with van der Waals surface area (Å²) in [6.45, 7) is 2.07. The third-order valence-corrected chi connectivity index (χ3v) is 3.09. The minimum absolute atomic E-state index is 0.0119. The molecule has 0 atom stereocenters. The number of methoxy groups -OCH3 is 1. The Balaban J connectivity index is 1.87. The van der Waals surface area contributed by atoms with E-state index in [1.165, 1.54) is 24.4 Å². The van der Waals surface area contributed by atoms with E-state index >= 15 is 0 Å². The molecule has 7 heteroatoms. The smallest absolute Gasteiger partial charge is 0.277 e. The summed E-state index contributed by atoms with van der Waals surface area (Å²) in [6, 6.07) is 11.1. The number of hydrazone groups is 1. The van der Waals surface area contributed by atoms with Crippen molar-refractivity contribution < 1.29 is 23.4 Å². The molecule has 1 amide bonds. The minimum Gasteiger partial charge on any atom is -0.493 e. The van der Waals surface area contributed by atoms with Crippen molar-refractivity contribution in [1.82, 2.24) is 5.43 Å². The summed E-state index contributed by atoms with van der Waals surface area (Å²) in [4.78, 5) is 11.7. The fourth-order valence-corrected chi connectivity index (χ4v) is 1.96. The highest BCUT2D eigenvalue weighted by atomic mass is 19.1. The maximum Gasteiger partial charge on any atom is 0.277 e. The number of carbonyl (C=O) groups excluding carboxylic acids is 1. The second-order valence-electron chi connectivity index (χ2n) is 4.86. The zero-order valence-corrected chi connectivity index (χ0v) is 14.0. The van der Waals surface area contributed by atoms with E-state index in [0.29, 0.717) is 18.1 Å². The molecule has 2 aromatic rings. The second-order valence-corrected chi connectivity index (χ2v) is 4.86. The second kappa shape index (κ2) is 9.27. The Labute approximate surface area is 145 Å². The van der Waals surface area contributed by atoms with Crippen LogP contribution in [-0.2, 0) is 4.79 Å². The number of nitrogens with zero attached hydrogens (tertiary/aromatic N) is 1. The van der Waals surface area contributed by atoms with Crippen LogP contribution in [0.4, 0.5) is 4.39 Å². The highest BCUT2D eigenvalue weighted by molar-refractivity contribution is 5.83. The van der Waals surface area contributed by atoms with Gasteiger partial charge in [-0.05, 0) is 42.8 Å². The molecule has 0 aliphatic heterocycles. The van der Waals surface area contributed by atoms with Crippen LogP contribution in [0, 0.1) is 5.82 Å². The Kier molecular flexibility index (Phi) is 6.76. The average Bonchev–Trinajstić information content (AvgIpc) is 2.62. The van der Waals surface area contributed by atoms with Crippen molar-refractivity contribution >= 4 is 12.1 Å². The summed E-state index contributed by atoms with van der Waals surface area (Å²) in [7, 11) is 1.54. The largest absolute Gasteiger partial charge is 0.493 e. The van der Waals surface area contributed by atoms with Crippen LogP contribution in [0.5, 0.6) is 17.2 Å². The van der Waals surface area contributed by atoms with Gasteiger partial charge in [0.25, 0.3) is 5.91 Å². The number of rotatable bonds is 8. The van der Waals surface area contributed by atoms with Crippen LogP contribution in [0.25, 0.3) is 0 Å². The first-order valence-corrected chi connectivity index (χ1v) is 7.64. The van der Waals surface area contributed by atoms with Gasteiger partial charge in [0, 0.05) is 0 Å². The minimum atomic E-state index is -0.528. The van der Waals surface area contributed by atoms with Crippen molar-refractivity contribution in [2.45, 2.75) is 6.92 Å². The van der Waals surface area contributed by atoms with E-state index in [1.54, 1.807) is 31.4 Å². The molecule has 0 aliphatic carbocycles. The van der Waals surface area contributed by atoms with Gasteiger partial charge in [-0.2, -0.15) is 5.10 Å². The van der Waals surface area contributed by atoms with Gasteiger partial charge >= 0.3 is 0 Å². The molecule has 132 valence electrons. The highest BCUT2D eigenvalue weighted by Crippen LogP contribution is 2.27. The molecule has 6 nitrogen and oxygen atoms in total. The Hall–Kier alpha value is -3.09. The van der Waals surface area contributed by atoms with Gasteiger partial charge in [0.15, 0.2) is 29.7 Å². The molecule has 0 unspecified atom stereocenters. The number of halogens is 1. The topological polar surface area (TPSA) is 69.2 Å². The molecule has 0 spiro atoms. The number of carbonyl (C=O) groups is 1. The zero-order chi connectivity index (χ0) is 18.1. The monoisotopic (exact) mass is 346 g/mol. The maximum atomic E-state index is 13.4. The lowest BCUT2D eigenvalue weighted by Crippen LogP contribution is -2.24. The van der Waals surface area contributed by atoms with Crippen LogP contribution in [0.2, 0.25) is 0 Å². The molecule has 0 saturated heterocycles. The standard InChI is InChI=1S/C18H19FN2O4/c1-3-24-16-9-8-13(10-17(16)23-2)11-20-21-18(22)12-25-15-7-5-4-6-14(15)19/h4-11H,3,12H2,1-2H3,(H,21,22)/b20-11-. The number of hydrogen-bond acceptors (Lipinski definition) is 5. The van der Waals surface area contributed by atoms with Crippen LogP contribution >= 0.6 is 0 Å². The third kappa shape index (κ3) is 5.49. The van der Waals surface area contributed by atoms with E-state index in [1.807, 2.05) is 6.92 Å². The lowest BCUT2D eigenvalue weighted by Gasteiger charge is -2.09. The molecule has 0 bridgehead atoms. The van der Waals surface area contributed by atoms with Crippen molar-refractivity contribution in [2.75, 3.05) is 20.3 Å². The molecular formula is C18H19FN2O4. The Bertz CT molecular complexity index is 750. The van der Waals surface area contributed by atoms with Gasteiger partial charge in [-0.1, -0.05) is 12.1 Å². The lowest BCUT2D eigenvalue weighted by molar-refractivity contribution is -0.123. The first kappa shape index (κ1) is 18.3. The van der Waals surface area contributed by atoms with E-state index in [-0.39, 0.29) is 12.4 Å². The fraction of sp³-hybridized carbons (Fsp3) is 0.222. The van der Waals surface area contributed by atoms with E-state index in [2.05, 4.69) is 10.5 Å². The molecule has 0 radical (unpaired) electrons. The molecule has 0 aromatic heterocycles. The van der Waals surface area contributed by atoms with Crippen molar-refractivity contribution in [3.8, 4) is 17.2 Å². The van der Waals surface area contributed by atoms with Gasteiger partial charge in [0.1, 0.15) is 0 Å². The zero-order valence-electron chi connectivity index (χ0n) is 14.0. The Morgan fingerprint density at radius 2 is 1.96 bits per heavy atom. The molecule has 0 aliphatic rings. The average molecular weight is 346 g/mol. The molecule has 0 heterocycles. The van der Waals surface area contributed by atoms with Crippen LogP contribution in [0.15, 0.2) is 47.6 Å². The summed E-state index contributed by atoms with van der Waals surface area (Å²) in [5.41, 5.74) is 3.03. The summed E-state index contributed by atoms with van der Waals surface area (Å²) in [6.07, 6.45) is 1.46. The van der Waals surface area contributed by atoms with E-state index in [0.717, 1.165) is 5.56 Å². The predicted octanol–water partition coefficient (Wildman–Crippen LogP) is 2.76. The Morgan fingerprint density at radius 3 is 2.68 bits per heavy atom. The number of amides is 1. The molecule has 2 rings (SSSR count). The summed E-state index contributed by atoms with van der Waals surface area (Å²) >= 11 is 0. The van der Waals surface area contributed by atoms with E-state index in [9.17, 15) is 9.18 Å². The number of nitrogens with one attached hydrogen (secondary N) is 1. The van der Waals surface area contributed by atoms with Crippen molar-refractivity contribution in [3.63, 3.8) is 0 Å². The highest BCUT2D eigenvalue weighted by Gasteiger charge is 2.06. The van der Waals surface area contributed by atoms with E-state index < -0.39 is 11.7 Å². The molecular weight excluding hydrogens is 327 g/mol. The van der Waals surface area contributed by atoms with Gasteiger partial charge in [-0.25, -0.2) is 9.82 Å². The Morgan fingerprint density at radius 1 is 1.16 bits per heavy atom. The van der Waals surface area contributed by atoms with Crippen molar-refractivity contribution in [1.29, 1.82) is 0 Å². The molecule has 0 saturated carbocycles. The predicted molar refractivity (Wildman–Crippen MR) is 91.8 cm³/mol. The summed E-state index contributed by atoms with van der Waals surface area (Å²) in [5, 5.41) is 3.83. The van der Waals surface area contributed by atoms with Gasteiger partial charge < -0.3 is 14.2 Å². The fourth-order valence-electron chi connectivity index (χ4n) is 1.96. The van der Waals surface area contributed by atoms with Gasteiger partial charge in [0.2, 0.25) is 0 Å². The number of ether oxygens (including phenoxy) is 3. The van der Waals surface area contributed by atoms with Crippen molar-refractivity contribution in [3.05, 3.63) is 53.8 Å².